The molecule has 7 nitrogen and oxygen atoms in total. The lowest BCUT2D eigenvalue weighted by Gasteiger charge is -2.35. The zero-order valence-electron chi connectivity index (χ0n) is 21.4. The molecule has 1 saturated heterocycles. The van der Waals surface area contributed by atoms with Crippen molar-refractivity contribution in [2.75, 3.05) is 50.1 Å². The summed E-state index contributed by atoms with van der Waals surface area (Å²) in [6.07, 6.45) is 1.81. The first-order valence-electron chi connectivity index (χ1n) is 12.8. The van der Waals surface area contributed by atoms with Crippen LogP contribution < -0.4 is 15.0 Å². The van der Waals surface area contributed by atoms with Gasteiger partial charge in [-0.05, 0) is 48.5 Å². The van der Waals surface area contributed by atoms with Crippen molar-refractivity contribution in [3.8, 4) is 17.0 Å². The third-order valence-corrected chi connectivity index (χ3v) is 6.87. The van der Waals surface area contributed by atoms with E-state index in [0.29, 0.717) is 23.6 Å². The van der Waals surface area contributed by atoms with Crippen molar-refractivity contribution < 1.29 is 9.53 Å². The Bertz CT molecular complexity index is 1330. The lowest BCUT2D eigenvalue weighted by molar-refractivity contribution is 0.102. The first kappa shape index (κ1) is 24.6. The lowest BCUT2D eigenvalue weighted by atomic mass is 10.1. The van der Waals surface area contributed by atoms with E-state index in [4.69, 9.17) is 9.84 Å². The number of nitrogens with one attached hydrogen (secondary N) is 1. The summed E-state index contributed by atoms with van der Waals surface area (Å²) >= 11 is 0. The quantitative estimate of drug-likeness (QED) is 0.373. The molecule has 1 aliphatic rings. The van der Waals surface area contributed by atoms with Crippen LogP contribution in [0.3, 0.4) is 0 Å². The van der Waals surface area contributed by atoms with Crippen molar-refractivity contribution in [2.45, 2.75) is 13.5 Å². The van der Waals surface area contributed by atoms with Gasteiger partial charge in [-0.15, -0.1) is 0 Å². The summed E-state index contributed by atoms with van der Waals surface area (Å²) in [4.78, 5) is 18.4. The van der Waals surface area contributed by atoms with Crippen LogP contribution in [-0.2, 0) is 6.54 Å². The van der Waals surface area contributed by atoms with Gasteiger partial charge >= 0.3 is 0 Å². The van der Waals surface area contributed by atoms with Crippen molar-refractivity contribution in [2.24, 2.45) is 0 Å². The predicted octanol–water partition coefficient (Wildman–Crippen LogP) is 5.00. The Kier molecular flexibility index (Phi) is 7.51. The van der Waals surface area contributed by atoms with E-state index in [2.05, 4.69) is 34.2 Å². The van der Waals surface area contributed by atoms with E-state index in [1.54, 1.807) is 7.11 Å². The Labute approximate surface area is 218 Å². The van der Waals surface area contributed by atoms with E-state index < -0.39 is 0 Å². The zero-order chi connectivity index (χ0) is 25.6. The summed E-state index contributed by atoms with van der Waals surface area (Å²) in [7, 11) is 1.63. The first-order chi connectivity index (χ1) is 18.1. The van der Waals surface area contributed by atoms with Crippen LogP contribution in [0.2, 0.25) is 0 Å². The third-order valence-electron chi connectivity index (χ3n) is 6.87. The summed E-state index contributed by atoms with van der Waals surface area (Å²) < 4.78 is 7.39. The Balaban J connectivity index is 1.38. The topological polar surface area (TPSA) is 62.6 Å². The van der Waals surface area contributed by atoms with Crippen molar-refractivity contribution in [1.82, 2.24) is 14.7 Å². The number of piperazine rings is 1. The van der Waals surface area contributed by atoms with Gasteiger partial charge in [0.2, 0.25) is 0 Å². The number of anilines is 2. The molecular weight excluding hydrogens is 462 g/mol. The number of nitrogens with zero attached hydrogens (tertiary/aromatic N) is 4. The summed E-state index contributed by atoms with van der Waals surface area (Å²) in [6.45, 7) is 8.05. The molecule has 7 heteroatoms. The van der Waals surface area contributed by atoms with Crippen LogP contribution in [0.5, 0.6) is 5.75 Å². The van der Waals surface area contributed by atoms with Gasteiger partial charge in [0.25, 0.3) is 5.91 Å². The Morgan fingerprint density at radius 3 is 2.32 bits per heavy atom. The van der Waals surface area contributed by atoms with Gasteiger partial charge < -0.3 is 19.9 Å². The lowest BCUT2D eigenvalue weighted by Crippen LogP contribution is -2.46. The number of methoxy groups -OCH3 is 1. The normalized spacial score (nSPS) is 13.9. The van der Waals surface area contributed by atoms with Crippen molar-refractivity contribution in [3.05, 3.63) is 96.2 Å². The Morgan fingerprint density at radius 1 is 0.919 bits per heavy atom. The molecule has 2 heterocycles. The molecule has 190 valence electrons. The molecule has 37 heavy (non-hydrogen) atoms. The average molecular weight is 496 g/mol. The standard InChI is InChI=1S/C30H33N5O2/c1-3-33-17-19-34(20-18-33)25-15-13-24(14-16-25)31-30(36)27-22-35(21-23-9-5-4-6-10-23)32-29(27)26-11-7-8-12-28(26)37-2/h4-16,22H,3,17-21H2,1-2H3,(H,31,36). The maximum atomic E-state index is 13.5. The fraction of sp³-hybridized carbons (Fsp3) is 0.267. The van der Waals surface area contributed by atoms with Crippen molar-refractivity contribution >= 4 is 17.3 Å². The van der Waals surface area contributed by atoms with E-state index in [1.807, 2.05) is 77.6 Å². The van der Waals surface area contributed by atoms with Gasteiger partial charge in [-0.25, -0.2) is 0 Å². The van der Waals surface area contributed by atoms with Crippen LogP contribution in [0, 0.1) is 0 Å². The maximum absolute atomic E-state index is 13.5. The molecule has 5 rings (SSSR count). The average Bonchev–Trinajstić information content (AvgIpc) is 3.37. The van der Waals surface area contributed by atoms with Gasteiger partial charge in [0, 0.05) is 49.3 Å². The minimum Gasteiger partial charge on any atom is -0.496 e. The summed E-state index contributed by atoms with van der Waals surface area (Å²) in [5.41, 5.74) is 4.92. The van der Waals surface area contributed by atoms with Gasteiger partial charge in [0.05, 0.1) is 19.2 Å². The molecule has 1 fully saturated rings. The minimum absolute atomic E-state index is 0.204. The van der Waals surface area contributed by atoms with E-state index in [1.165, 1.54) is 5.69 Å². The van der Waals surface area contributed by atoms with Crippen LogP contribution in [0.15, 0.2) is 85.1 Å². The largest absolute Gasteiger partial charge is 0.496 e. The number of carbonyl (C=O) groups excluding carboxylic acids is 1. The number of rotatable bonds is 8. The molecule has 1 amide bonds. The second-order valence-corrected chi connectivity index (χ2v) is 9.20. The number of carbonyl (C=O) groups is 1. The van der Waals surface area contributed by atoms with Crippen LogP contribution >= 0.6 is 0 Å². The Morgan fingerprint density at radius 2 is 1.62 bits per heavy atom. The molecular formula is C30H33N5O2. The number of likely N-dealkylation sites (N-methyl/N-ethyl adjacent to an activating group) is 1. The highest BCUT2D eigenvalue weighted by Gasteiger charge is 2.21. The van der Waals surface area contributed by atoms with Gasteiger partial charge in [0.15, 0.2) is 0 Å². The zero-order valence-corrected chi connectivity index (χ0v) is 21.4. The molecule has 4 aromatic rings. The monoisotopic (exact) mass is 495 g/mol. The van der Waals surface area contributed by atoms with Gasteiger partial charge in [-0.3, -0.25) is 9.48 Å². The number of hydrogen-bond acceptors (Lipinski definition) is 5. The van der Waals surface area contributed by atoms with E-state index >= 15 is 0 Å². The number of hydrogen-bond donors (Lipinski definition) is 1. The molecule has 0 spiro atoms. The molecule has 0 aliphatic carbocycles. The number of benzene rings is 3. The molecule has 1 N–H and O–H groups in total. The fourth-order valence-electron chi connectivity index (χ4n) is 4.75. The van der Waals surface area contributed by atoms with E-state index in [0.717, 1.165) is 49.5 Å². The molecule has 0 unspecified atom stereocenters. The highest BCUT2D eigenvalue weighted by atomic mass is 16.5. The molecule has 0 radical (unpaired) electrons. The summed E-state index contributed by atoms with van der Waals surface area (Å²) in [5, 5.41) is 7.87. The van der Waals surface area contributed by atoms with E-state index in [9.17, 15) is 4.79 Å². The number of amides is 1. The number of aromatic nitrogens is 2. The fourth-order valence-corrected chi connectivity index (χ4v) is 4.75. The summed E-state index contributed by atoms with van der Waals surface area (Å²) in [6, 6.07) is 25.8. The van der Waals surface area contributed by atoms with Crippen molar-refractivity contribution in [1.29, 1.82) is 0 Å². The molecule has 0 bridgehead atoms. The summed E-state index contributed by atoms with van der Waals surface area (Å²) in [5.74, 6) is 0.471. The van der Waals surface area contributed by atoms with Gasteiger partial charge in [-0.2, -0.15) is 5.10 Å². The highest BCUT2D eigenvalue weighted by molar-refractivity contribution is 6.08. The van der Waals surface area contributed by atoms with Crippen LogP contribution in [0.1, 0.15) is 22.8 Å². The van der Waals surface area contributed by atoms with Gasteiger partial charge in [-0.1, -0.05) is 49.4 Å². The van der Waals surface area contributed by atoms with Crippen LogP contribution in [-0.4, -0.2) is 60.4 Å². The molecule has 1 aromatic heterocycles. The second kappa shape index (κ2) is 11.3. The van der Waals surface area contributed by atoms with E-state index in [-0.39, 0.29) is 5.91 Å². The number of ether oxygens (including phenoxy) is 1. The molecule has 1 aliphatic heterocycles. The minimum atomic E-state index is -0.204. The Hall–Kier alpha value is -4.10. The molecule has 0 atom stereocenters. The van der Waals surface area contributed by atoms with Gasteiger partial charge in [0.1, 0.15) is 11.4 Å². The second-order valence-electron chi connectivity index (χ2n) is 9.20. The smallest absolute Gasteiger partial charge is 0.259 e. The van der Waals surface area contributed by atoms with Crippen LogP contribution in [0.25, 0.3) is 11.3 Å². The van der Waals surface area contributed by atoms with Crippen LogP contribution in [0.4, 0.5) is 11.4 Å². The maximum Gasteiger partial charge on any atom is 0.259 e. The first-order valence-corrected chi connectivity index (χ1v) is 12.8. The predicted molar refractivity (Wildman–Crippen MR) is 148 cm³/mol. The van der Waals surface area contributed by atoms with Crippen molar-refractivity contribution in [3.63, 3.8) is 0 Å². The highest BCUT2D eigenvalue weighted by Crippen LogP contribution is 2.32. The third kappa shape index (κ3) is 5.67. The number of para-hydroxylation sites is 1. The SMILES string of the molecule is CCN1CCN(c2ccc(NC(=O)c3cn(Cc4ccccc4)nc3-c3ccccc3OC)cc2)CC1. The molecule has 3 aromatic carbocycles. The molecule has 0 saturated carbocycles.